The number of hydrogen-bond donors (Lipinski definition) is 7. The summed E-state index contributed by atoms with van der Waals surface area (Å²) in [6, 6.07) is 0. The summed E-state index contributed by atoms with van der Waals surface area (Å²) in [5.74, 6) is 0. The van der Waals surface area contributed by atoms with Gasteiger partial charge in [0.25, 0.3) is 5.56 Å². The van der Waals surface area contributed by atoms with Gasteiger partial charge in [-0.2, -0.15) is 8.62 Å². The summed E-state index contributed by atoms with van der Waals surface area (Å²) in [6.45, 7) is -0.926. The van der Waals surface area contributed by atoms with E-state index in [1.54, 1.807) is 0 Å². The van der Waals surface area contributed by atoms with Crippen LogP contribution in [0.25, 0.3) is 0 Å². The van der Waals surface area contributed by atoms with Gasteiger partial charge in [0.2, 0.25) is 0 Å². The Bertz CT molecular complexity index is 1090. The lowest BCUT2D eigenvalue weighted by Gasteiger charge is -2.19. The Kier molecular flexibility index (Phi) is 9.12. The van der Waals surface area contributed by atoms with Gasteiger partial charge >= 0.3 is 29.2 Å². The first kappa shape index (κ1) is 28.2. The molecule has 190 valence electrons. The Morgan fingerprint density at radius 3 is 2.27 bits per heavy atom. The summed E-state index contributed by atoms with van der Waals surface area (Å²) in [6.07, 6.45) is -5.62. The van der Waals surface area contributed by atoms with Crippen LogP contribution in [0.1, 0.15) is 11.7 Å². The number of aromatic nitrogens is 2. The zero-order chi connectivity index (χ0) is 25.2. The van der Waals surface area contributed by atoms with Gasteiger partial charge in [-0.25, -0.2) is 18.5 Å². The van der Waals surface area contributed by atoms with E-state index in [9.17, 15) is 38.4 Å². The van der Waals surface area contributed by atoms with E-state index in [-0.39, 0.29) is 18.7 Å². The molecule has 1 saturated heterocycles. The fourth-order valence-electron chi connectivity index (χ4n) is 2.70. The van der Waals surface area contributed by atoms with E-state index in [0.717, 1.165) is 10.8 Å². The molecular formula is C12H21N2O16P3. The lowest BCUT2D eigenvalue weighted by Crippen LogP contribution is -2.36. The van der Waals surface area contributed by atoms with E-state index >= 15 is 0 Å². The number of phosphoric ester groups is 1. The third-order valence-electron chi connectivity index (χ3n) is 4.06. The third-order valence-corrected chi connectivity index (χ3v) is 7.86. The molecule has 6 atom stereocenters. The van der Waals surface area contributed by atoms with Crippen LogP contribution < -0.4 is 11.2 Å². The number of aliphatic hydroxyl groups excluding tert-OH is 2. The predicted molar refractivity (Wildman–Crippen MR) is 103 cm³/mol. The Morgan fingerprint density at radius 2 is 1.70 bits per heavy atom. The number of methoxy groups -OCH3 is 1. The monoisotopic (exact) mass is 542 g/mol. The second-order valence-electron chi connectivity index (χ2n) is 6.49. The standard InChI is InChI=1S/C12H21N2O16P3/c1-26-3-2-14-4-6(11(17)13-12(14)18)10-9(16)8(15)7(28-10)5-27-32(22,23)30-33(24,25)29-31(19,20)21/h4,7-10,15-16H,2-3,5H2,1H3,(H,22,23)(H,24,25)(H,13,17,18)(H2,19,20,21)/t7-,8?,9?,10+/m1/s1. The summed E-state index contributed by atoms with van der Waals surface area (Å²) in [5.41, 5.74) is -2.01. The van der Waals surface area contributed by atoms with E-state index in [0.29, 0.717) is 0 Å². The Balaban J connectivity index is 2.13. The molecule has 0 saturated carbocycles. The number of rotatable bonds is 11. The molecule has 0 aliphatic carbocycles. The SMILES string of the molecule is COCCn1cc([C@@H]2O[C@H](COP(=O)(O)OP(=O)(O)OP(=O)(O)O)C(O)C2O)c(=O)[nH]c1=O. The van der Waals surface area contributed by atoms with Crippen molar-refractivity contribution in [3.05, 3.63) is 32.6 Å². The first-order chi connectivity index (χ1) is 15.1. The highest BCUT2D eigenvalue weighted by atomic mass is 31.3. The quantitative estimate of drug-likeness (QED) is 0.145. The van der Waals surface area contributed by atoms with Gasteiger partial charge in [0.15, 0.2) is 0 Å². The first-order valence-corrected chi connectivity index (χ1v) is 13.2. The number of nitrogens with one attached hydrogen (secondary N) is 1. The maximum atomic E-state index is 12.2. The van der Waals surface area contributed by atoms with Crippen molar-refractivity contribution >= 4 is 23.5 Å². The predicted octanol–water partition coefficient (Wildman–Crippen LogP) is -2.31. The van der Waals surface area contributed by atoms with Gasteiger partial charge in [-0.15, -0.1) is 0 Å². The molecule has 1 fully saturated rings. The van der Waals surface area contributed by atoms with Gasteiger partial charge in [-0.1, -0.05) is 0 Å². The Hall–Kier alpha value is -1.07. The smallest absolute Gasteiger partial charge is 0.387 e. The van der Waals surface area contributed by atoms with Crippen LogP contribution in [0.4, 0.5) is 0 Å². The molecule has 18 nitrogen and oxygen atoms in total. The zero-order valence-corrected chi connectivity index (χ0v) is 19.2. The lowest BCUT2D eigenvalue weighted by atomic mass is 10.0. The van der Waals surface area contributed by atoms with E-state index < -0.39 is 65.7 Å². The molecule has 7 N–H and O–H groups in total. The van der Waals surface area contributed by atoms with Crippen molar-refractivity contribution in [2.24, 2.45) is 0 Å². The van der Waals surface area contributed by atoms with Gasteiger partial charge in [0.1, 0.15) is 24.4 Å². The number of nitrogens with zero attached hydrogens (tertiary/aromatic N) is 1. The maximum Gasteiger partial charge on any atom is 0.490 e. The number of ether oxygens (including phenoxy) is 2. The highest BCUT2D eigenvalue weighted by Crippen LogP contribution is 2.66. The summed E-state index contributed by atoms with van der Waals surface area (Å²) < 4.78 is 56.3. The number of aliphatic hydroxyl groups is 2. The normalized spacial score (nSPS) is 27.2. The van der Waals surface area contributed by atoms with Gasteiger partial charge in [0, 0.05) is 13.3 Å². The largest absolute Gasteiger partial charge is 0.490 e. The van der Waals surface area contributed by atoms with Crippen molar-refractivity contribution in [1.29, 1.82) is 0 Å². The molecule has 2 rings (SSSR count). The van der Waals surface area contributed by atoms with Crippen molar-refractivity contribution in [2.45, 2.75) is 31.0 Å². The van der Waals surface area contributed by atoms with E-state index in [2.05, 4.69) is 13.1 Å². The zero-order valence-electron chi connectivity index (χ0n) is 16.6. The van der Waals surface area contributed by atoms with Gasteiger partial charge < -0.3 is 39.3 Å². The molecule has 0 amide bonds. The summed E-state index contributed by atoms with van der Waals surface area (Å²) in [5, 5.41) is 20.4. The highest BCUT2D eigenvalue weighted by molar-refractivity contribution is 7.66. The molecule has 0 aromatic carbocycles. The van der Waals surface area contributed by atoms with Crippen LogP contribution in [0.3, 0.4) is 0 Å². The number of hydrogen-bond acceptors (Lipinski definition) is 12. The molecule has 0 radical (unpaired) electrons. The second-order valence-corrected chi connectivity index (χ2v) is 10.9. The average Bonchev–Trinajstić information content (AvgIpc) is 2.91. The number of H-pyrrole nitrogens is 1. The fourth-order valence-corrected chi connectivity index (χ4v) is 5.73. The minimum Gasteiger partial charge on any atom is -0.387 e. The molecule has 33 heavy (non-hydrogen) atoms. The summed E-state index contributed by atoms with van der Waals surface area (Å²) in [4.78, 5) is 61.6. The molecular weight excluding hydrogens is 521 g/mol. The second kappa shape index (κ2) is 10.7. The average molecular weight is 542 g/mol. The topological polar surface area (TPSA) is 274 Å². The van der Waals surface area contributed by atoms with Crippen LogP contribution in [0.15, 0.2) is 15.8 Å². The van der Waals surface area contributed by atoms with Crippen LogP contribution in [0.5, 0.6) is 0 Å². The van der Waals surface area contributed by atoms with Crippen LogP contribution in [-0.4, -0.2) is 78.0 Å². The highest BCUT2D eigenvalue weighted by Gasteiger charge is 2.47. The van der Waals surface area contributed by atoms with Crippen LogP contribution in [-0.2, 0) is 42.9 Å². The van der Waals surface area contributed by atoms with Gasteiger partial charge in [-0.3, -0.25) is 18.9 Å². The van der Waals surface area contributed by atoms with E-state index in [4.69, 9.17) is 24.2 Å². The molecule has 1 aliphatic rings. The van der Waals surface area contributed by atoms with Crippen LogP contribution in [0.2, 0.25) is 0 Å². The Morgan fingerprint density at radius 1 is 1.06 bits per heavy atom. The van der Waals surface area contributed by atoms with E-state index in [1.807, 2.05) is 4.98 Å². The summed E-state index contributed by atoms with van der Waals surface area (Å²) >= 11 is 0. The third kappa shape index (κ3) is 7.99. The van der Waals surface area contributed by atoms with Crippen molar-refractivity contribution in [2.75, 3.05) is 20.3 Å². The molecule has 0 bridgehead atoms. The van der Waals surface area contributed by atoms with Crippen LogP contribution >= 0.6 is 23.5 Å². The molecule has 21 heteroatoms. The minimum absolute atomic E-state index is 0.0277. The molecule has 2 heterocycles. The van der Waals surface area contributed by atoms with Crippen LogP contribution in [0, 0.1) is 0 Å². The van der Waals surface area contributed by atoms with Crippen molar-refractivity contribution in [3.63, 3.8) is 0 Å². The van der Waals surface area contributed by atoms with E-state index in [1.165, 1.54) is 7.11 Å². The lowest BCUT2D eigenvalue weighted by molar-refractivity contribution is -0.0228. The molecule has 1 aromatic rings. The maximum absolute atomic E-state index is 12.2. The molecule has 0 spiro atoms. The van der Waals surface area contributed by atoms with Gasteiger partial charge in [0.05, 0.1) is 25.3 Å². The molecule has 1 aliphatic heterocycles. The molecule has 4 unspecified atom stereocenters. The van der Waals surface area contributed by atoms with Crippen molar-refractivity contribution < 1.29 is 66.1 Å². The van der Waals surface area contributed by atoms with Gasteiger partial charge in [-0.05, 0) is 0 Å². The Labute approximate surface area is 183 Å². The first-order valence-electron chi connectivity index (χ1n) is 8.68. The summed E-state index contributed by atoms with van der Waals surface area (Å²) in [7, 11) is -15.5. The fraction of sp³-hybridized carbons (Fsp3) is 0.667. The number of aromatic amines is 1. The number of phosphoric acid groups is 3. The minimum atomic E-state index is -5.75. The van der Waals surface area contributed by atoms with Crippen molar-refractivity contribution in [1.82, 2.24) is 9.55 Å². The molecule has 1 aromatic heterocycles. The van der Waals surface area contributed by atoms with Crippen molar-refractivity contribution in [3.8, 4) is 0 Å².